The maximum absolute atomic E-state index is 11.1. The summed E-state index contributed by atoms with van der Waals surface area (Å²) >= 11 is 0. The van der Waals surface area contributed by atoms with Gasteiger partial charge < -0.3 is 4.52 Å². The Labute approximate surface area is 139 Å². The Bertz CT molecular complexity index is 644. The third kappa shape index (κ3) is 4.48. The van der Waals surface area contributed by atoms with Crippen LogP contribution in [0.3, 0.4) is 0 Å². The van der Waals surface area contributed by atoms with Gasteiger partial charge in [0.1, 0.15) is 0 Å². The highest BCUT2D eigenvalue weighted by Crippen LogP contribution is 2.32. The van der Waals surface area contributed by atoms with Crippen molar-refractivity contribution >= 4 is 10.8 Å². The number of aryl methyl sites for hydroxylation is 1. The van der Waals surface area contributed by atoms with E-state index in [1.807, 2.05) is 6.07 Å². The second-order valence-corrected chi connectivity index (χ2v) is 7.60. The summed E-state index contributed by atoms with van der Waals surface area (Å²) in [6.45, 7) is 1.98. The van der Waals surface area contributed by atoms with Gasteiger partial charge in [-0.25, -0.2) is 0 Å². The van der Waals surface area contributed by atoms with E-state index < -0.39 is 10.8 Å². The van der Waals surface area contributed by atoms with Gasteiger partial charge in [0.05, 0.1) is 6.04 Å². The summed E-state index contributed by atoms with van der Waals surface area (Å²) in [4.78, 5) is 6.97. The molecule has 2 atom stereocenters. The fourth-order valence-corrected chi connectivity index (χ4v) is 3.60. The molecule has 1 aromatic heterocycles. The van der Waals surface area contributed by atoms with E-state index in [0.29, 0.717) is 5.75 Å². The first-order valence-corrected chi connectivity index (χ1v) is 9.85. The standard InChI is InChI=1S/C17H23N3O2S/c1-23(21)12-6-10-16-18-17(22-19-16)15-9-5-11-20(15)13-14-7-3-2-4-8-14/h2-4,7-8,15H,5-6,9-13H2,1H3. The maximum Gasteiger partial charge on any atom is 0.244 e. The number of rotatable bonds is 7. The number of aromatic nitrogens is 2. The van der Waals surface area contributed by atoms with Crippen LogP contribution in [0.1, 0.15) is 42.6 Å². The van der Waals surface area contributed by atoms with Gasteiger partial charge >= 0.3 is 0 Å². The molecule has 0 saturated carbocycles. The summed E-state index contributed by atoms with van der Waals surface area (Å²) < 4.78 is 16.6. The van der Waals surface area contributed by atoms with Crippen LogP contribution in [0.5, 0.6) is 0 Å². The average Bonchev–Trinajstić information content (AvgIpc) is 3.17. The first kappa shape index (κ1) is 16.3. The molecule has 0 N–H and O–H groups in total. The van der Waals surface area contributed by atoms with Crippen LogP contribution in [0, 0.1) is 0 Å². The third-order valence-corrected chi connectivity index (χ3v) is 5.06. The van der Waals surface area contributed by atoms with Crippen LogP contribution < -0.4 is 0 Å². The van der Waals surface area contributed by atoms with Crippen LogP contribution >= 0.6 is 0 Å². The first-order valence-electron chi connectivity index (χ1n) is 8.13. The Morgan fingerprint density at radius 2 is 2.17 bits per heavy atom. The molecular weight excluding hydrogens is 310 g/mol. The van der Waals surface area contributed by atoms with Crippen LogP contribution in [0.4, 0.5) is 0 Å². The lowest BCUT2D eigenvalue weighted by Gasteiger charge is -2.21. The summed E-state index contributed by atoms with van der Waals surface area (Å²) in [6, 6.07) is 10.7. The quantitative estimate of drug-likeness (QED) is 0.780. The second-order valence-electron chi connectivity index (χ2n) is 6.04. The Hall–Kier alpha value is -1.53. The number of hydrogen-bond donors (Lipinski definition) is 0. The summed E-state index contributed by atoms with van der Waals surface area (Å²) in [5, 5.41) is 4.09. The molecule has 6 heteroatoms. The zero-order chi connectivity index (χ0) is 16.1. The number of nitrogens with zero attached hydrogens (tertiary/aromatic N) is 3. The van der Waals surface area contributed by atoms with Gasteiger partial charge in [-0.1, -0.05) is 35.5 Å². The Balaban J connectivity index is 1.61. The molecule has 1 fully saturated rings. The van der Waals surface area contributed by atoms with Crippen LogP contribution in [0.2, 0.25) is 0 Å². The summed E-state index contributed by atoms with van der Waals surface area (Å²) in [7, 11) is -0.757. The molecule has 3 rings (SSSR count). The monoisotopic (exact) mass is 333 g/mol. The van der Waals surface area contributed by atoms with E-state index in [-0.39, 0.29) is 6.04 Å². The van der Waals surface area contributed by atoms with Gasteiger partial charge in [-0.3, -0.25) is 9.11 Å². The van der Waals surface area contributed by atoms with E-state index in [1.165, 1.54) is 5.56 Å². The predicted octanol–water partition coefficient (Wildman–Crippen LogP) is 2.72. The molecule has 124 valence electrons. The van der Waals surface area contributed by atoms with Crippen molar-refractivity contribution in [2.24, 2.45) is 0 Å². The molecule has 1 aromatic carbocycles. The van der Waals surface area contributed by atoms with Crippen LogP contribution in [-0.4, -0.2) is 37.8 Å². The molecule has 0 radical (unpaired) electrons. The van der Waals surface area contributed by atoms with Crippen molar-refractivity contribution in [1.29, 1.82) is 0 Å². The lowest BCUT2D eigenvalue weighted by molar-refractivity contribution is 0.201. The molecule has 2 heterocycles. The minimum Gasteiger partial charge on any atom is -0.338 e. The van der Waals surface area contributed by atoms with E-state index in [0.717, 1.165) is 50.5 Å². The second kappa shape index (κ2) is 7.84. The van der Waals surface area contributed by atoms with Crippen LogP contribution in [0.25, 0.3) is 0 Å². The van der Waals surface area contributed by atoms with Crippen molar-refractivity contribution in [1.82, 2.24) is 15.0 Å². The molecule has 23 heavy (non-hydrogen) atoms. The minimum absolute atomic E-state index is 0.219. The fourth-order valence-electron chi connectivity index (χ4n) is 3.05. The number of likely N-dealkylation sites (tertiary alicyclic amines) is 1. The van der Waals surface area contributed by atoms with Crippen molar-refractivity contribution in [3.05, 3.63) is 47.6 Å². The van der Waals surface area contributed by atoms with Crippen molar-refractivity contribution in [3.8, 4) is 0 Å². The van der Waals surface area contributed by atoms with Gasteiger partial charge in [-0.2, -0.15) is 4.98 Å². The largest absolute Gasteiger partial charge is 0.338 e. The normalized spacial score (nSPS) is 20.0. The van der Waals surface area contributed by atoms with E-state index in [2.05, 4.69) is 39.3 Å². The van der Waals surface area contributed by atoms with Gasteiger partial charge in [0.2, 0.25) is 5.89 Å². The molecule has 0 spiro atoms. The van der Waals surface area contributed by atoms with Gasteiger partial charge in [0.25, 0.3) is 0 Å². The molecule has 1 aliphatic heterocycles. The minimum atomic E-state index is -0.757. The zero-order valence-corrected chi connectivity index (χ0v) is 14.3. The van der Waals surface area contributed by atoms with Crippen LogP contribution in [-0.2, 0) is 23.8 Å². The SMILES string of the molecule is CS(=O)CCCc1noc(C2CCCN2Cc2ccccc2)n1. The topological polar surface area (TPSA) is 59.2 Å². The average molecular weight is 333 g/mol. The van der Waals surface area contributed by atoms with E-state index in [4.69, 9.17) is 4.52 Å². The lowest BCUT2D eigenvalue weighted by Crippen LogP contribution is -2.23. The van der Waals surface area contributed by atoms with Gasteiger partial charge in [-0.05, 0) is 31.4 Å². The van der Waals surface area contributed by atoms with Crippen molar-refractivity contribution in [2.45, 2.75) is 38.3 Å². The molecule has 2 aromatic rings. The van der Waals surface area contributed by atoms with Crippen LogP contribution in [0.15, 0.2) is 34.9 Å². The molecule has 0 bridgehead atoms. The van der Waals surface area contributed by atoms with Gasteiger partial charge in [0.15, 0.2) is 5.82 Å². The molecule has 5 nitrogen and oxygen atoms in total. The lowest BCUT2D eigenvalue weighted by atomic mass is 10.2. The maximum atomic E-state index is 11.1. The van der Waals surface area contributed by atoms with Crippen molar-refractivity contribution in [3.63, 3.8) is 0 Å². The molecule has 1 saturated heterocycles. The molecular formula is C17H23N3O2S. The highest BCUT2D eigenvalue weighted by atomic mass is 32.2. The predicted molar refractivity (Wildman–Crippen MR) is 90.4 cm³/mol. The van der Waals surface area contributed by atoms with Gasteiger partial charge in [0, 0.05) is 35.8 Å². The first-order chi connectivity index (χ1) is 11.2. The van der Waals surface area contributed by atoms with E-state index >= 15 is 0 Å². The zero-order valence-electron chi connectivity index (χ0n) is 13.5. The van der Waals surface area contributed by atoms with Gasteiger partial charge in [-0.15, -0.1) is 0 Å². The molecule has 1 aliphatic rings. The summed E-state index contributed by atoms with van der Waals surface area (Å²) in [6.07, 6.45) is 5.51. The smallest absolute Gasteiger partial charge is 0.244 e. The Morgan fingerprint density at radius 3 is 2.96 bits per heavy atom. The Kier molecular flexibility index (Phi) is 5.56. The summed E-state index contributed by atoms with van der Waals surface area (Å²) in [5.74, 6) is 2.15. The molecule has 2 unspecified atom stereocenters. The number of benzene rings is 1. The van der Waals surface area contributed by atoms with Crippen molar-refractivity contribution in [2.75, 3.05) is 18.6 Å². The Morgan fingerprint density at radius 1 is 1.35 bits per heavy atom. The summed E-state index contributed by atoms with van der Waals surface area (Å²) in [5.41, 5.74) is 1.31. The van der Waals surface area contributed by atoms with E-state index in [1.54, 1.807) is 6.26 Å². The van der Waals surface area contributed by atoms with E-state index in [9.17, 15) is 4.21 Å². The fraction of sp³-hybridized carbons (Fsp3) is 0.529. The molecule has 0 amide bonds. The highest BCUT2D eigenvalue weighted by Gasteiger charge is 2.30. The highest BCUT2D eigenvalue weighted by molar-refractivity contribution is 7.84. The van der Waals surface area contributed by atoms with Crippen molar-refractivity contribution < 1.29 is 8.73 Å². The molecule has 0 aliphatic carbocycles. The third-order valence-electron chi connectivity index (χ3n) is 4.19. The number of hydrogen-bond acceptors (Lipinski definition) is 5.